The molecule has 0 fully saturated rings. The van der Waals surface area contributed by atoms with Gasteiger partial charge in [0.25, 0.3) is 5.69 Å². The lowest BCUT2D eigenvalue weighted by atomic mass is 9.96. The van der Waals surface area contributed by atoms with E-state index in [0.29, 0.717) is 16.7 Å². The summed E-state index contributed by atoms with van der Waals surface area (Å²) in [5, 5.41) is 11.2. The zero-order valence-corrected chi connectivity index (χ0v) is 14.1. The number of aryl methyl sites for hydroxylation is 1. The second-order valence-electron chi connectivity index (χ2n) is 6.41. The average molecular weight is 351 g/mol. The van der Waals surface area contributed by atoms with E-state index in [0.717, 1.165) is 42.6 Å². The van der Waals surface area contributed by atoms with Crippen LogP contribution in [-0.4, -0.2) is 4.92 Å². The zero-order chi connectivity index (χ0) is 18.1. The molecule has 0 saturated heterocycles. The van der Waals surface area contributed by atoms with Gasteiger partial charge >= 0.3 is 0 Å². The minimum absolute atomic E-state index is 0.0294. The van der Waals surface area contributed by atoms with Gasteiger partial charge in [0.2, 0.25) is 0 Å². The first-order valence-electron chi connectivity index (χ1n) is 8.56. The van der Waals surface area contributed by atoms with E-state index >= 15 is 0 Å². The quantitative estimate of drug-likeness (QED) is 0.521. The third kappa shape index (κ3) is 3.06. The van der Waals surface area contributed by atoms with Crippen LogP contribution in [0.2, 0.25) is 0 Å². The maximum absolute atomic E-state index is 12.7. The monoisotopic (exact) mass is 351 g/mol. The topological polar surface area (TPSA) is 82.6 Å². The van der Waals surface area contributed by atoms with Gasteiger partial charge in [-0.25, -0.2) is 0 Å². The molecule has 132 valence electrons. The highest BCUT2D eigenvalue weighted by atomic mass is 16.6. The molecular weight excluding hydrogens is 334 g/mol. The number of non-ortho nitro benzene ring substituents is 1. The number of benzene rings is 2. The molecule has 0 atom stereocenters. The van der Waals surface area contributed by atoms with Gasteiger partial charge in [0.05, 0.1) is 10.3 Å². The lowest BCUT2D eigenvalue weighted by Crippen LogP contribution is -2.16. The van der Waals surface area contributed by atoms with Gasteiger partial charge in [-0.05, 0) is 55.2 Å². The maximum atomic E-state index is 12.7. The van der Waals surface area contributed by atoms with E-state index in [-0.39, 0.29) is 17.7 Å². The van der Waals surface area contributed by atoms with Crippen molar-refractivity contribution in [1.29, 1.82) is 0 Å². The fourth-order valence-electron chi connectivity index (χ4n) is 3.27. The first-order chi connectivity index (χ1) is 12.6. The highest BCUT2D eigenvalue weighted by Gasteiger charge is 2.18. The summed E-state index contributed by atoms with van der Waals surface area (Å²) < 4.78 is 11.6. The fraction of sp³-hybridized carbons (Fsp3) is 0.250. The molecule has 1 aliphatic carbocycles. The molecule has 0 unspecified atom stereocenters. The van der Waals surface area contributed by atoms with Gasteiger partial charge in [0.1, 0.15) is 23.7 Å². The van der Waals surface area contributed by atoms with E-state index in [1.54, 1.807) is 30.3 Å². The van der Waals surface area contributed by atoms with Crippen LogP contribution in [0.4, 0.5) is 5.69 Å². The molecule has 6 nitrogen and oxygen atoms in total. The van der Waals surface area contributed by atoms with Crippen LogP contribution in [0.5, 0.6) is 5.75 Å². The number of hydrogen-bond acceptors (Lipinski definition) is 5. The van der Waals surface area contributed by atoms with E-state index in [1.165, 1.54) is 12.1 Å². The average Bonchev–Trinajstić information content (AvgIpc) is 2.67. The van der Waals surface area contributed by atoms with Gasteiger partial charge < -0.3 is 9.15 Å². The van der Waals surface area contributed by atoms with Gasteiger partial charge in [-0.15, -0.1) is 0 Å². The van der Waals surface area contributed by atoms with E-state index in [2.05, 4.69) is 0 Å². The number of ether oxygens (including phenoxy) is 1. The molecular formula is C20H17NO5. The van der Waals surface area contributed by atoms with Crippen LogP contribution in [0.25, 0.3) is 11.0 Å². The molecule has 2 aromatic carbocycles. The Morgan fingerprint density at radius 2 is 1.85 bits per heavy atom. The summed E-state index contributed by atoms with van der Waals surface area (Å²) in [5.41, 5.74) is 2.26. The van der Waals surface area contributed by atoms with Gasteiger partial charge in [-0.1, -0.05) is 0 Å². The molecule has 6 heteroatoms. The zero-order valence-electron chi connectivity index (χ0n) is 14.1. The van der Waals surface area contributed by atoms with Crippen molar-refractivity contribution in [1.82, 2.24) is 0 Å². The van der Waals surface area contributed by atoms with Gasteiger partial charge in [0.15, 0.2) is 5.43 Å². The smallest absolute Gasteiger partial charge is 0.269 e. The summed E-state index contributed by atoms with van der Waals surface area (Å²) in [6.07, 6.45) is 3.65. The minimum Gasteiger partial charge on any atom is -0.489 e. The van der Waals surface area contributed by atoms with Gasteiger partial charge in [0, 0.05) is 24.1 Å². The standard InChI is InChI=1S/C20H17NO5/c22-20-16-3-1-2-4-18(16)26-19-10-9-15(11-17(19)20)25-12-13-5-7-14(8-6-13)21(23)24/h5-11H,1-4,12H2. The third-order valence-corrected chi connectivity index (χ3v) is 4.67. The molecule has 0 aliphatic heterocycles. The van der Waals surface area contributed by atoms with E-state index < -0.39 is 4.92 Å². The maximum Gasteiger partial charge on any atom is 0.269 e. The molecule has 1 heterocycles. The molecule has 0 saturated carbocycles. The van der Waals surface area contributed by atoms with Crippen molar-refractivity contribution in [2.75, 3.05) is 0 Å². The lowest BCUT2D eigenvalue weighted by molar-refractivity contribution is -0.384. The third-order valence-electron chi connectivity index (χ3n) is 4.67. The number of nitrogens with zero attached hydrogens (tertiary/aromatic N) is 1. The SMILES string of the molecule is O=c1c2c(oc3ccc(OCc4ccc([N+](=O)[O-])cc4)cc13)CCCC2. The predicted molar refractivity (Wildman–Crippen MR) is 96.6 cm³/mol. The Labute approximate surface area is 149 Å². The summed E-state index contributed by atoms with van der Waals surface area (Å²) >= 11 is 0. The van der Waals surface area contributed by atoms with E-state index in [9.17, 15) is 14.9 Å². The van der Waals surface area contributed by atoms with Crippen molar-refractivity contribution in [3.05, 3.63) is 79.7 Å². The lowest BCUT2D eigenvalue weighted by Gasteiger charge is -2.14. The molecule has 0 spiro atoms. The molecule has 1 aromatic heterocycles. The Morgan fingerprint density at radius 1 is 1.08 bits per heavy atom. The van der Waals surface area contributed by atoms with Crippen molar-refractivity contribution in [3.8, 4) is 5.75 Å². The van der Waals surface area contributed by atoms with Crippen LogP contribution in [-0.2, 0) is 19.4 Å². The van der Waals surface area contributed by atoms with Crippen molar-refractivity contribution < 1.29 is 14.1 Å². The summed E-state index contributed by atoms with van der Waals surface area (Å²) in [6.45, 7) is 0.264. The van der Waals surface area contributed by atoms with Crippen molar-refractivity contribution in [2.24, 2.45) is 0 Å². The Kier molecular flexibility index (Phi) is 4.16. The second kappa shape index (κ2) is 6.63. The van der Waals surface area contributed by atoms with E-state index in [1.807, 2.05) is 0 Å². The van der Waals surface area contributed by atoms with Crippen LogP contribution in [0.3, 0.4) is 0 Å². The van der Waals surface area contributed by atoms with Crippen LogP contribution in [0.15, 0.2) is 51.7 Å². The van der Waals surface area contributed by atoms with Crippen LogP contribution >= 0.6 is 0 Å². The Bertz CT molecular complexity index is 1040. The number of rotatable bonds is 4. The summed E-state index contributed by atoms with van der Waals surface area (Å²) in [4.78, 5) is 23.0. The van der Waals surface area contributed by atoms with Crippen LogP contribution < -0.4 is 10.2 Å². The molecule has 4 rings (SSSR count). The normalized spacial score (nSPS) is 13.4. The van der Waals surface area contributed by atoms with E-state index in [4.69, 9.17) is 9.15 Å². The number of nitro groups is 1. The predicted octanol–water partition coefficient (Wildman–Crippen LogP) is 4.16. The number of nitro benzene ring substituents is 1. The number of hydrogen-bond donors (Lipinski definition) is 0. The van der Waals surface area contributed by atoms with Gasteiger partial charge in [-0.2, -0.15) is 0 Å². The molecule has 0 amide bonds. The van der Waals surface area contributed by atoms with Crippen molar-refractivity contribution >= 4 is 16.7 Å². The Balaban J connectivity index is 1.58. The molecule has 0 bridgehead atoms. The summed E-state index contributed by atoms with van der Waals surface area (Å²) in [7, 11) is 0. The first-order valence-corrected chi connectivity index (χ1v) is 8.56. The summed E-state index contributed by atoms with van der Waals surface area (Å²) in [6, 6.07) is 11.4. The van der Waals surface area contributed by atoms with Crippen molar-refractivity contribution in [3.63, 3.8) is 0 Å². The minimum atomic E-state index is -0.437. The number of fused-ring (bicyclic) bond motifs is 2. The molecule has 3 aromatic rings. The first kappa shape index (κ1) is 16.3. The molecule has 26 heavy (non-hydrogen) atoms. The highest BCUT2D eigenvalue weighted by molar-refractivity contribution is 5.79. The van der Waals surface area contributed by atoms with Crippen molar-refractivity contribution in [2.45, 2.75) is 32.3 Å². The summed E-state index contributed by atoms with van der Waals surface area (Å²) in [5.74, 6) is 1.38. The van der Waals surface area contributed by atoms with Crippen LogP contribution in [0.1, 0.15) is 29.7 Å². The second-order valence-corrected chi connectivity index (χ2v) is 6.41. The Hall–Kier alpha value is -3.15. The fourth-order valence-corrected chi connectivity index (χ4v) is 3.27. The largest absolute Gasteiger partial charge is 0.489 e. The molecule has 0 N–H and O–H groups in total. The highest BCUT2D eigenvalue weighted by Crippen LogP contribution is 2.26. The molecule has 1 aliphatic rings. The van der Waals surface area contributed by atoms with Crippen LogP contribution in [0, 0.1) is 10.1 Å². The van der Waals surface area contributed by atoms with Gasteiger partial charge in [-0.3, -0.25) is 14.9 Å². The molecule has 0 radical (unpaired) electrons. The Morgan fingerprint density at radius 3 is 2.62 bits per heavy atom.